The number of carbonyl (C=O) groups is 1. The van der Waals surface area contributed by atoms with E-state index in [0.717, 1.165) is 21.9 Å². The Hall–Kier alpha value is -2.91. The van der Waals surface area contributed by atoms with E-state index in [2.05, 4.69) is 45.1 Å². The fourth-order valence-corrected chi connectivity index (χ4v) is 4.69. The number of anilines is 1. The zero-order valence-corrected chi connectivity index (χ0v) is 19.2. The summed E-state index contributed by atoms with van der Waals surface area (Å²) in [4.78, 5) is 14.0. The minimum atomic E-state index is -0.132. The second kappa shape index (κ2) is 8.85. The smallest absolute Gasteiger partial charge is 0.235 e. The normalized spacial score (nSPS) is 10.8. The fourth-order valence-electron chi connectivity index (χ4n) is 3.59. The van der Waals surface area contributed by atoms with Crippen molar-refractivity contribution in [1.29, 1.82) is 5.26 Å². The minimum Gasteiger partial charge on any atom is -0.467 e. The molecule has 6 heteroatoms. The van der Waals surface area contributed by atoms with E-state index >= 15 is 0 Å². The lowest BCUT2D eigenvalue weighted by Crippen LogP contribution is -2.18. The summed E-state index contributed by atoms with van der Waals surface area (Å²) in [6, 6.07) is 8.14. The Balaban J connectivity index is 1.84. The predicted molar refractivity (Wildman–Crippen MR) is 121 cm³/mol. The van der Waals surface area contributed by atoms with Crippen LogP contribution in [0.4, 0.5) is 5.82 Å². The van der Waals surface area contributed by atoms with E-state index in [1.807, 2.05) is 30.5 Å². The topological polar surface area (TPSA) is 71.0 Å². The average molecular weight is 422 g/mol. The van der Waals surface area contributed by atoms with Crippen molar-refractivity contribution >= 4 is 23.5 Å². The summed E-state index contributed by atoms with van der Waals surface area (Å²) >= 11 is 1.54. The van der Waals surface area contributed by atoms with Gasteiger partial charge >= 0.3 is 0 Å². The first kappa shape index (κ1) is 21.8. The van der Waals surface area contributed by atoms with Crippen molar-refractivity contribution in [1.82, 2.24) is 4.57 Å². The predicted octanol–water partition coefficient (Wildman–Crippen LogP) is 5.58. The third kappa shape index (κ3) is 4.17. The van der Waals surface area contributed by atoms with Gasteiger partial charge in [-0.25, -0.2) is 0 Å². The molecule has 0 bridgehead atoms. The number of nitriles is 1. The molecule has 2 heterocycles. The number of amides is 1. The van der Waals surface area contributed by atoms with Crippen LogP contribution >= 0.6 is 11.8 Å². The lowest BCUT2D eigenvalue weighted by molar-refractivity contribution is -0.113. The molecule has 1 N–H and O–H groups in total. The van der Waals surface area contributed by atoms with Crippen molar-refractivity contribution in [2.75, 3.05) is 11.1 Å². The third-order valence-electron chi connectivity index (χ3n) is 5.74. The van der Waals surface area contributed by atoms with Gasteiger partial charge in [0.05, 0.1) is 24.1 Å². The second-order valence-electron chi connectivity index (χ2n) is 7.64. The van der Waals surface area contributed by atoms with Crippen LogP contribution < -0.4 is 5.32 Å². The van der Waals surface area contributed by atoms with Crippen LogP contribution in [0.2, 0.25) is 0 Å². The molecule has 0 aliphatic heterocycles. The molecule has 0 unspecified atom stereocenters. The van der Waals surface area contributed by atoms with E-state index in [4.69, 9.17) is 4.42 Å². The maximum atomic E-state index is 12.8. The number of aromatic nitrogens is 1. The number of nitrogens with zero attached hydrogens (tertiary/aromatic N) is 2. The molecule has 1 aromatic carbocycles. The van der Waals surface area contributed by atoms with Gasteiger partial charge in [0.25, 0.3) is 0 Å². The number of hydrogen-bond acceptors (Lipinski definition) is 4. The number of aryl methyl sites for hydroxylation is 2. The van der Waals surface area contributed by atoms with Gasteiger partial charge in [0, 0.05) is 10.6 Å². The summed E-state index contributed by atoms with van der Waals surface area (Å²) in [7, 11) is 0. The molecule has 1 amide bonds. The molecule has 0 spiro atoms. The van der Waals surface area contributed by atoms with Crippen LogP contribution in [0.25, 0.3) is 0 Å². The number of hydrogen-bond donors (Lipinski definition) is 1. The monoisotopic (exact) mass is 421 g/mol. The summed E-state index contributed by atoms with van der Waals surface area (Å²) in [5.41, 5.74) is 7.18. The highest BCUT2D eigenvalue weighted by molar-refractivity contribution is 8.00. The zero-order chi connectivity index (χ0) is 22.0. The molecular formula is C24H27N3O2S. The SMILES string of the molecule is Cc1cc(C)c(C)c(SCC(=O)Nc2c(C#N)c(C)c(C)n2Cc2ccco2)c1C. The van der Waals surface area contributed by atoms with Gasteiger partial charge in [-0.05, 0) is 81.5 Å². The van der Waals surface area contributed by atoms with Crippen molar-refractivity contribution in [2.45, 2.75) is 53.0 Å². The quantitative estimate of drug-likeness (QED) is 0.527. The van der Waals surface area contributed by atoms with Gasteiger partial charge < -0.3 is 14.3 Å². The van der Waals surface area contributed by atoms with Crippen LogP contribution in [-0.2, 0) is 11.3 Å². The number of nitrogens with one attached hydrogen (secondary N) is 1. The highest BCUT2D eigenvalue weighted by Crippen LogP contribution is 2.32. The Labute approximate surface area is 182 Å². The van der Waals surface area contributed by atoms with E-state index < -0.39 is 0 Å². The van der Waals surface area contributed by atoms with Crippen LogP contribution in [-0.4, -0.2) is 16.2 Å². The van der Waals surface area contributed by atoms with Crippen LogP contribution in [0.15, 0.2) is 33.8 Å². The first-order valence-corrected chi connectivity index (χ1v) is 10.8. The Kier molecular flexibility index (Phi) is 6.42. The second-order valence-corrected chi connectivity index (χ2v) is 8.62. The molecule has 5 nitrogen and oxygen atoms in total. The van der Waals surface area contributed by atoms with Crippen LogP contribution in [0.5, 0.6) is 0 Å². The van der Waals surface area contributed by atoms with Gasteiger partial charge in [-0.15, -0.1) is 11.8 Å². The van der Waals surface area contributed by atoms with Gasteiger partial charge in [0.1, 0.15) is 17.6 Å². The summed E-state index contributed by atoms with van der Waals surface area (Å²) in [5.74, 6) is 1.44. The number of benzene rings is 1. The molecule has 156 valence electrons. The first-order chi connectivity index (χ1) is 14.2. The maximum absolute atomic E-state index is 12.8. The summed E-state index contributed by atoms with van der Waals surface area (Å²) in [6.07, 6.45) is 1.62. The Morgan fingerprint density at radius 3 is 2.37 bits per heavy atom. The highest BCUT2D eigenvalue weighted by atomic mass is 32.2. The molecule has 0 radical (unpaired) electrons. The molecule has 0 saturated heterocycles. The molecule has 2 aromatic heterocycles. The molecule has 3 aromatic rings. The van der Waals surface area contributed by atoms with Crippen molar-refractivity contribution < 1.29 is 9.21 Å². The fraction of sp³-hybridized carbons (Fsp3) is 0.333. The summed E-state index contributed by atoms with van der Waals surface area (Å²) in [6.45, 7) is 12.7. The molecule has 30 heavy (non-hydrogen) atoms. The largest absolute Gasteiger partial charge is 0.467 e. The number of rotatable bonds is 6. The van der Waals surface area contributed by atoms with E-state index in [0.29, 0.717) is 17.9 Å². The first-order valence-electron chi connectivity index (χ1n) is 9.86. The van der Waals surface area contributed by atoms with E-state index in [9.17, 15) is 10.1 Å². The van der Waals surface area contributed by atoms with Crippen LogP contribution in [0, 0.1) is 52.9 Å². The number of thioether (sulfide) groups is 1. The molecule has 0 aliphatic rings. The standard InChI is InChI=1S/C24H27N3O2S/c1-14-10-15(2)17(4)23(16(14)3)30-13-22(28)26-24-21(11-25)18(5)19(6)27(24)12-20-8-7-9-29-20/h7-10H,12-13H2,1-6H3,(H,26,28). The van der Waals surface area contributed by atoms with Crippen molar-refractivity contribution in [3.63, 3.8) is 0 Å². The van der Waals surface area contributed by atoms with E-state index in [1.165, 1.54) is 22.3 Å². The average Bonchev–Trinajstić information content (AvgIpc) is 3.29. The molecule has 0 fully saturated rings. The molecular weight excluding hydrogens is 394 g/mol. The van der Waals surface area contributed by atoms with Gasteiger partial charge in [-0.2, -0.15) is 5.26 Å². The summed E-state index contributed by atoms with van der Waals surface area (Å²) in [5, 5.41) is 12.7. The van der Waals surface area contributed by atoms with Gasteiger partial charge in [-0.3, -0.25) is 4.79 Å². The van der Waals surface area contributed by atoms with Crippen LogP contribution in [0.1, 0.15) is 44.8 Å². The Morgan fingerprint density at radius 2 is 1.80 bits per heavy atom. The number of furan rings is 1. The van der Waals surface area contributed by atoms with Crippen molar-refractivity contribution in [3.05, 3.63) is 69.3 Å². The maximum Gasteiger partial charge on any atom is 0.235 e. The lowest BCUT2D eigenvalue weighted by atomic mass is 10.0. The minimum absolute atomic E-state index is 0.132. The lowest BCUT2D eigenvalue weighted by Gasteiger charge is -2.15. The van der Waals surface area contributed by atoms with Crippen molar-refractivity contribution in [2.24, 2.45) is 0 Å². The van der Waals surface area contributed by atoms with Gasteiger partial charge in [0.15, 0.2) is 0 Å². The Morgan fingerprint density at radius 1 is 1.13 bits per heavy atom. The molecule has 0 atom stereocenters. The van der Waals surface area contributed by atoms with Crippen molar-refractivity contribution in [3.8, 4) is 6.07 Å². The zero-order valence-electron chi connectivity index (χ0n) is 18.3. The molecule has 0 aliphatic carbocycles. The third-order valence-corrected chi connectivity index (χ3v) is 7.05. The van der Waals surface area contributed by atoms with E-state index in [-0.39, 0.29) is 11.7 Å². The highest BCUT2D eigenvalue weighted by Gasteiger charge is 2.21. The van der Waals surface area contributed by atoms with Gasteiger partial charge in [0.2, 0.25) is 5.91 Å². The molecule has 0 saturated carbocycles. The molecule has 3 rings (SSSR count). The van der Waals surface area contributed by atoms with Crippen LogP contribution in [0.3, 0.4) is 0 Å². The Bertz CT molecular complexity index is 1110. The van der Waals surface area contributed by atoms with E-state index in [1.54, 1.807) is 18.0 Å². The number of carbonyl (C=O) groups excluding carboxylic acids is 1. The van der Waals surface area contributed by atoms with Gasteiger partial charge in [-0.1, -0.05) is 6.07 Å². The summed E-state index contributed by atoms with van der Waals surface area (Å²) < 4.78 is 7.40.